The summed E-state index contributed by atoms with van der Waals surface area (Å²) in [6, 6.07) is 8.30. The van der Waals surface area contributed by atoms with E-state index in [-0.39, 0.29) is 0 Å². The molecule has 0 saturated carbocycles. The first-order valence-corrected chi connectivity index (χ1v) is 8.27. The Hall–Kier alpha value is 0.00948. The molecular formula is C12H13IOSe. The van der Waals surface area contributed by atoms with Gasteiger partial charge in [-0.3, -0.25) is 0 Å². The van der Waals surface area contributed by atoms with Gasteiger partial charge in [0.1, 0.15) is 0 Å². The summed E-state index contributed by atoms with van der Waals surface area (Å²) < 4.78 is 8.40. The summed E-state index contributed by atoms with van der Waals surface area (Å²) in [6.07, 6.45) is 2.59. The first kappa shape index (κ1) is 11.5. The Morgan fingerprint density at radius 2 is 2.13 bits per heavy atom. The number of para-hydroxylation sites is 1. The molecule has 0 atom stereocenters. The van der Waals surface area contributed by atoms with Crippen molar-refractivity contribution in [1.29, 1.82) is 0 Å². The molecule has 0 amide bonds. The topological polar surface area (TPSA) is 13.1 Å². The van der Waals surface area contributed by atoms with E-state index in [1.807, 2.05) is 6.07 Å². The summed E-state index contributed by atoms with van der Waals surface area (Å²) >= 11 is 2.91. The number of halogens is 1. The van der Waals surface area contributed by atoms with Gasteiger partial charge in [-0.15, -0.1) is 0 Å². The minimum atomic E-state index is 0.506. The molecule has 2 rings (SSSR count). The Balaban J connectivity index is 2.24. The van der Waals surface area contributed by atoms with Gasteiger partial charge in [0.25, 0.3) is 0 Å². The summed E-state index contributed by atoms with van der Waals surface area (Å²) in [5, 5.41) is 2.56. The van der Waals surface area contributed by atoms with Gasteiger partial charge in [0.15, 0.2) is 0 Å². The second-order valence-corrected chi connectivity index (χ2v) is 6.72. The van der Waals surface area contributed by atoms with Gasteiger partial charge >= 0.3 is 111 Å². The number of benzene rings is 1. The summed E-state index contributed by atoms with van der Waals surface area (Å²) in [4.78, 5) is 0. The summed E-state index contributed by atoms with van der Waals surface area (Å²) in [5.41, 5.74) is 1.04. The molecule has 3 heteroatoms. The van der Waals surface area contributed by atoms with Crippen LogP contribution >= 0.6 is 22.6 Å². The van der Waals surface area contributed by atoms with E-state index in [1.165, 1.54) is 31.8 Å². The van der Waals surface area contributed by atoms with Crippen molar-refractivity contribution in [3.63, 3.8) is 0 Å². The fraction of sp³-hybridized carbons (Fsp3) is 0.333. The Morgan fingerprint density at radius 3 is 2.87 bits per heavy atom. The quantitative estimate of drug-likeness (QED) is 0.450. The molecule has 15 heavy (non-hydrogen) atoms. The Labute approximate surface area is 110 Å². The van der Waals surface area contributed by atoms with Crippen LogP contribution in [0.25, 0.3) is 11.0 Å². The number of hydrogen-bond acceptors (Lipinski definition) is 1. The standard InChI is InChI=1S/C12H13IOSe/c1-2-3-8-15-12-11(13)9-6-4-5-7-10(9)14-12/h4-7H,2-3,8H2,1H3. The zero-order chi connectivity index (χ0) is 10.7. The molecule has 1 nitrogen and oxygen atoms in total. The van der Waals surface area contributed by atoms with Crippen molar-refractivity contribution >= 4 is 53.2 Å². The molecule has 0 aliphatic rings. The van der Waals surface area contributed by atoms with Crippen LogP contribution in [0.2, 0.25) is 5.32 Å². The van der Waals surface area contributed by atoms with Crippen molar-refractivity contribution in [3.8, 4) is 0 Å². The van der Waals surface area contributed by atoms with E-state index >= 15 is 0 Å². The molecular weight excluding hydrogens is 366 g/mol. The van der Waals surface area contributed by atoms with Crippen molar-refractivity contribution in [3.05, 3.63) is 27.8 Å². The van der Waals surface area contributed by atoms with Crippen LogP contribution in [-0.2, 0) is 0 Å². The summed E-state index contributed by atoms with van der Waals surface area (Å²) in [5.74, 6) is 0. The predicted molar refractivity (Wildman–Crippen MR) is 74.0 cm³/mol. The van der Waals surface area contributed by atoms with Gasteiger partial charge in [0.05, 0.1) is 0 Å². The van der Waals surface area contributed by atoms with E-state index in [0.717, 1.165) is 5.58 Å². The fourth-order valence-electron chi connectivity index (χ4n) is 1.39. The fourth-order valence-corrected chi connectivity index (χ4v) is 4.86. The van der Waals surface area contributed by atoms with Crippen LogP contribution in [0.1, 0.15) is 19.8 Å². The molecule has 80 valence electrons. The van der Waals surface area contributed by atoms with Gasteiger partial charge in [-0.05, 0) is 0 Å². The van der Waals surface area contributed by atoms with E-state index in [2.05, 4.69) is 47.7 Å². The molecule has 1 heterocycles. The van der Waals surface area contributed by atoms with Gasteiger partial charge in [-0.2, -0.15) is 0 Å². The number of fused-ring (bicyclic) bond motifs is 1. The van der Waals surface area contributed by atoms with Crippen LogP contribution < -0.4 is 4.66 Å². The van der Waals surface area contributed by atoms with E-state index in [9.17, 15) is 0 Å². The van der Waals surface area contributed by atoms with Crippen LogP contribution in [0, 0.1) is 3.57 Å². The predicted octanol–water partition coefficient (Wildman–Crippen LogP) is 3.59. The molecule has 0 aliphatic heterocycles. The number of rotatable bonds is 4. The van der Waals surface area contributed by atoms with E-state index in [1.54, 1.807) is 0 Å². The second-order valence-electron chi connectivity index (χ2n) is 3.40. The Bertz CT molecular complexity index is 450. The van der Waals surface area contributed by atoms with Gasteiger partial charge in [0.2, 0.25) is 0 Å². The molecule has 0 spiro atoms. The van der Waals surface area contributed by atoms with Gasteiger partial charge < -0.3 is 0 Å². The van der Waals surface area contributed by atoms with E-state index < -0.39 is 0 Å². The van der Waals surface area contributed by atoms with Gasteiger partial charge in [0, 0.05) is 0 Å². The zero-order valence-corrected chi connectivity index (χ0v) is 12.5. The molecule has 0 aliphatic carbocycles. The van der Waals surface area contributed by atoms with Gasteiger partial charge in [-0.1, -0.05) is 0 Å². The molecule has 0 radical (unpaired) electrons. The molecule has 2 aromatic rings. The third-order valence-corrected chi connectivity index (χ3v) is 6.32. The number of hydrogen-bond donors (Lipinski definition) is 0. The van der Waals surface area contributed by atoms with Crippen molar-refractivity contribution in [2.24, 2.45) is 0 Å². The number of furan rings is 1. The van der Waals surface area contributed by atoms with Crippen LogP contribution in [0.5, 0.6) is 0 Å². The van der Waals surface area contributed by atoms with Crippen molar-refractivity contribution < 1.29 is 4.42 Å². The Morgan fingerprint density at radius 1 is 1.33 bits per heavy atom. The van der Waals surface area contributed by atoms with Crippen LogP contribution in [0.3, 0.4) is 0 Å². The SMILES string of the molecule is CCCC[Se]c1oc2ccccc2c1I. The zero-order valence-electron chi connectivity index (χ0n) is 8.63. The van der Waals surface area contributed by atoms with Crippen LogP contribution in [0.4, 0.5) is 0 Å². The first-order chi connectivity index (χ1) is 7.33. The average molecular weight is 379 g/mol. The van der Waals surface area contributed by atoms with Crippen molar-refractivity contribution in [2.45, 2.75) is 25.1 Å². The maximum absolute atomic E-state index is 5.87. The van der Waals surface area contributed by atoms with Crippen molar-refractivity contribution in [2.75, 3.05) is 0 Å². The minimum absolute atomic E-state index is 0.506. The Kier molecular flexibility index (Phi) is 4.12. The monoisotopic (exact) mass is 380 g/mol. The molecule has 0 N–H and O–H groups in total. The third-order valence-electron chi connectivity index (χ3n) is 2.24. The molecule has 0 fully saturated rings. The molecule has 0 bridgehead atoms. The second kappa shape index (κ2) is 5.37. The van der Waals surface area contributed by atoms with Gasteiger partial charge in [-0.25, -0.2) is 0 Å². The molecule has 1 aromatic carbocycles. The molecule has 1 aromatic heterocycles. The molecule has 0 saturated heterocycles. The molecule has 0 unspecified atom stereocenters. The first-order valence-electron chi connectivity index (χ1n) is 5.12. The van der Waals surface area contributed by atoms with Crippen LogP contribution in [-0.4, -0.2) is 15.0 Å². The van der Waals surface area contributed by atoms with Crippen LogP contribution in [0.15, 0.2) is 28.7 Å². The summed E-state index contributed by atoms with van der Waals surface area (Å²) in [7, 11) is 0. The number of unbranched alkanes of at least 4 members (excludes halogenated alkanes) is 1. The normalized spacial score (nSPS) is 11.1. The average Bonchev–Trinajstić information content (AvgIpc) is 2.57. The van der Waals surface area contributed by atoms with Crippen molar-refractivity contribution in [1.82, 2.24) is 0 Å². The summed E-state index contributed by atoms with van der Waals surface area (Å²) in [6.45, 7) is 2.24. The van der Waals surface area contributed by atoms with E-state index in [4.69, 9.17) is 4.42 Å². The maximum atomic E-state index is 5.87. The third kappa shape index (κ3) is 2.58. The van der Waals surface area contributed by atoms with E-state index in [0.29, 0.717) is 15.0 Å².